The van der Waals surface area contributed by atoms with E-state index in [9.17, 15) is 4.79 Å². The molecule has 0 amide bonds. The molecule has 0 radical (unpaired) electrons. The van der Waals surface area contributed by atoms with Crippen molar-refractivity contribution in [2.45, 2.75) is 33.3 Å². The zero-order valence-electron chi connectivity index (χ0n) is 18.6. The van der Waals surface area contributed by atoms with E-state index in [4.69, 9.17) is 9.84 Å². The van der Waals surface area contributed by atoms with Crippen molar-refractivity contribution in [3.05, 3.63) is 59.3 Å². The lowest BCUT2D eigenvalue weighted by Crippen LogP contribution is -2.25. The van der Waals surface area contributed by atoms with Gasteiger partial charge in [0, 0.05) is 24.2 Å². The van der Waals surface area contributed by atoms with E-state index >= 15 is 0 Å². The van der Waals surface area contributed by atoms with Crippen LogP contribution in [0.25, 0.3) is 17.0 Å². The monoisotopic (exact) mass is 445 g/mol. The molecule has 4 heterocycles. The average molecular weight is 445 g/mol. The highest BCUT2D eigenvalue weighted by Gasteiger charge is 2.26. The summed E-state index contributed by atoms with van der Waals surface area (Å²) in [7, 11) is 0. The van der Waals surface area contributed by atoms with Crippen LogP contribution in [0.3, 0.4) is 0 Å². The average Bonchev–Trinajstić information content (AvgIpc) is 3.43. The summed E-state index contributed by atoms with van der Waals surface area (Å²) in [4.78, 5) is 22.1. The predicted octanol–water partition coefficient (Wildman–Crippen LogP) is 2.86. The highest BCUT2D eigenvalue weighted by molar-refractivity contribution is 5.85. The van der Waals surface area contributed by atoms with Gasteiger partial charge in [0.05, 0.1) is 23.6 Å². The minimum Gasteiger partial charge on any atom is -0.485 e. The van der Waals surface area contributed by atoms with Crippen LogP contribution < -0.4 is 9.64 Å². The molecule has 1 atom stereocenters. The fourth-order valence-corrected chi connectivity index (χ4v) is 4.10. The minimum atomic E-state index is -1.09. The van der Waals surface area contributed by atoms with Crippen LogP contribution in [0.15, 0.2) is 36.4 Å². The maximum absolute atomic E-state index is 10.9. The number of aryl methyl sites for hydroxylation is 3. The Bertz CT molecular complexity index is 1330. The molecule has 0 bridgehead atoms. The molecule has 1 aliphatic rings. The molecule has 1 N–H and O–H groups in total. The van der Waals surface area contributed by atoms with E-state index < -0.39 is 5.97 Å². The van der Waals surface area contributed by atoms with Crippen LogP contribution in [0.5, 0.6) is 5.75 Å². The van der Waals surface area contributed by atoms with Crippen molar-refractivity contribution in [3.8, 4) is 17.0 Å². The molecule has 1 aliphatic heterocycles. The summed E-state index contributed by atoms with van der Waals surface area (Å²) in [6, 6.07) is 11.1. The Balaban J connectivity index is 1.28. The molecule has 0 aliphatic carbocycles. The van der Waals surface area contributed by atoms with Crippen molar-refractivity contribution in [2.24, 2.45) is 0 Å². The first-order chi connectivity index (χ1) is 15.9. The van der Waals surface area contributed by atoms with Gasteiger partial charge in [-0.05, 0) is 45.0 Å². The van der Waals surface area contributed by atoms with Crippen LogP contribution in [0.1, 0.15) is 34.1 Å². The van der Waals surface area contributed by atoms with E-state index in [1.54, 1.807) is 10.6 Å². The van der Waals surface area contributed by atoms with Crippen molar-refractivity contribution in [1.29, 1.82) is 0 Å². The van der Waals surface area contributed by atoms with Gasteiger partial charge in [0.25, 0.3) is 5.78 Å². The number of anilines is 1. The first kappa shape index (κ1) is 20.8. The summed E-state index contributed by atoms with van der Waals surface area (Å²) in [5.74, 6) is 0.942. The molecule has 1 aromatic carbocycles. The third-order valence-electron chi connectivity index (χ3n) is 5.78. The second-order valence-corrected chi connectivity index (χ2v) is 8.11. The van der Waals surface area contributed by atoms with Gasteiger partial charge in [-0.2, -0.15) is 9.50 Å². The third-order valence-corrected chi connectivity index (χ3v) is 5.78. The standard InChI is InChI=1S/C23H23N7O3/c1-13-21(14(2)30-23(24-13)25-15(3)28-30)33-18-10-11-29(12-18)17-6-4-16(5-7-17)19-8-9-20(22(31)32)27-26-19/h4-9,18H,10-12H2,1-3H3,(H,31,32)/t18-/m1/s1. The summed E-state index contributed by atoms with van der Waals surface area (Å²) in [6.45, 7) is 7.40. The zero-order chi connectivity index (χ0) is 23.1. The van der Waals surface area contributed by atoms with Crippen LogP contribution in [0.2, 0.25) is 0 Å². The maximum Gasteiger partial charge on any atom is 0.356 e. The lowest BCUT2D eigenvalue weighted by atomic mass is 10.1. The van der Waals surface area contributed by atoms with E-state index in [1.165, 1.54) is 6.07 Å². The number of nitrogens with zero attached hydrogens (tertiary/aromatic N) is 7. The Morgan fingerprint density at radius 2 is 1.85 bits per heavy atom. The number of rotatable bonds is 5. The second kappa shape index (κ2) is 8.12. The van der Waals surface area contributed by atoms with Crippen molar-refractivity contribution < 1.29 is 14.6 Å². The number of carboxylic acids is 1. The van der Waals surface area contributed by atoms with E-state index in [1.807, 2.05) is 45.0 Å². The number of ether oxygens (including phenoxy) is 1. The molecule has 4 aromatic rings. The molecule has 10 nitrogen and oxygen atoms in total. The highest BCUT2D eigenvalue weighted by Crippen LogP contribution is 2.29. The molecule has 5 rings (SSSR count). The molecular formula is C23H23N7O3. The van der Waals surface area contributed by atoms with Gasteiger partial charge < -0.3 is 14.7 Å². The van der Waals surface area contributed by atoms with E-state index in [-0.39, 0.29) is 11.8 Å². The molecule has 168 valence electrons. The lowest BCUT2D eigenvalue weighted by molar-refractivity contribution is 0.0689. The van der Waals surface area contributed by atoms with Crippen LogP contribution >= 0.6 is 0 Å². The molecule has 3 aromatic heterocycles. The molecule has 10 heteroatoms. The van der Waals surface area contributed by atoms with Gasteiger partial charge in [0.15, 0.2) is 11.4 Å². The fourth-order valence-electron chi connectivity index (χ4n) is 4.10. The highest BCUT2D eigenvalue weighted by atomic mass is 16.5. The van der Waals surface area contributed by atoms with Gasteiger partial charge in [-0.3, -0.25) is 0 Å². The van der Waals surface area contributed by atoms with Crippen molar-refractivity contribution in [3.63, 3.8) is 0 Å². The molecule has 0 saturated carbocycles. The zero-order valence-corrected chi connectivity index (χ0v) is 18.6. The number of aromatic nitrogens is 6. The van der Waals surface area contributed by atoms with Crippen molar-refractivity contribution >= 4 is 17.4 Å². The summed E-state index contributed by atoms with van der Waals surface area (Å²) < 4.78 is 8.10. The molecule has 0 unspecified atom stereocenters. The van der Waals surface area contributed by atoms with E-state index in [0.717, 1.165) is 47.9 Å². The topological polar surface area (TPSA) is 119 Å². The Morgan fingerprint density at radius 1 is 1.06 bits per heavy atom. The molecule has 33 heavy (non-hydrogen) atoms. The van der Waals surface area contributed by atoms with Crippen molar-refractivity contribution in [2.75, 3.05) is 18.0 Å². The summed E-state index contributed by atoms with van der Waals surface area (Å²) in [5, 5.41) is 21.1. The van der Waals surface area contributed by atoms with Crippen LogP contribution in [-0.4, -0.2) is 60.0 Å². The van der Waals surface area contributed by atoms with Crippen LogP contribution in [0, 0.1) is 20.8 Å². The van der Waals surface area contributed by atoms with Crippen LogP contribution in [0.4, 0.5) is 5.69 Å². The summed E-state index contributed by atoms with van der Waals surface area (Å²) >= 11 is 0. The smallest absolute Gasteiger partial charge is 0.356 e. The number of carbonyl (C=O) groups is 1. The second-order valence-electron chi connectivity index (χ2n) is 8.11. The van der Waals surface area contributed by atoms with Gasteiger partial charge in [0.1, 0.15) is 11.9 Å². The normalized spacial score (nSPS) is 15.8. The van der Waals surface area contributed by atoms with E-state index in [2.05, 4.69) is 30.2 Å². The Morgan fingerprint density at radius 3 is 2.55 bits per heavy atom. The number of aromatic carboxylic acids is 1. The molecule has 1 fully saturated rings. The molecule has 0 spiro atoms. The third kappa shape index (κ3) is 3.95. The number of benzene rings is 1. The lowest BCUT2D eigenvalue weighted by Gasteiger charge is -2.20. The van der Waals surface area contributed by atoms with Gasteiger partial charge >= 0.3 is 5.97 Å². The molecule has 1 saturated heterocycles. The Hall–Kier alpha value is -4.08. The Kier molecular flexibility index (Phi) is 5.12. The summed E-state index contributed by atoms with van der Waals surface area (Å²) in [5.41, 5.74) is 4.24. The molecular weight excluding hydrogens is 422 g/mol. The number of carboxylic acid groups (broad SMARTS) is 1. The Labute approximate surface area is 189 Å². The minimum absolute atomic E-state index is 0.0420. The number of hydrogen-bond donors (Lipinski definition) is 1. The van der Waals surface area contributed by atoms with Gasteiger partial charge in [-0.25, -0.2) is 9.78 Å². The van der Waals surface area contributed by atoms with Gasteiger partial charge in [-0.1, -0.05) is 12.1 Å². The number of hydrogen-bond acceptors (Lipinski definition) is 8. The first-order valence-electron chi connectivity index (χ1n) is 10.7. The SMILES string of the molecule is Cc1nc2nc(C)c(O[C@@H]3CCN(c4ccc(-c5ccc(C(=O)O)nn5)cc4)C3)c(C)n2n1. The van der Waals surface area contributed by atoms with Gasteiger partial charge in [-0.15, -0.1) is 15.3 Å². The fraction of sp³-hybridized carbons (Fsp3) is 0.304. The quantitative estimate of drug-likeness (QED) is 0.494. The first-order valence-corrected chi connectivity index (χ1v) is 10.7. The maximum atomic E-state index is 10.9. The number of fused-ring (bicyclic) bond motifs is 1. The van der Waals surface area contributed by atoms with Crippen LogP contribution in [-0.2, 0) is 0 Å². The predicted molar refractivity (Wildman–Crippen MR) is 121 cm³/mol. The van der Waals surface area contributed by atoms with Gasteiger partial charge in [0.2, 0.25) is 0 Å². The van der Waals surface area contributed by atoms with E-state index in [0.29, 0.717) is 17.3 Å². The summed E-state index contributed by atoms with van der Waals surface area (Å²) in [6.07, 6.45) is 0.942. The largest absolute Gasteiger partial charge is 0.485 e. The van der Waals surface area contributed by atoms with Crippen molar-refractivity contribution in [1.82, 2.24) is 29.8 Å².